The molecule has 1 unspecified atom stereocenters. The first-order chi connectivity index (χ1) is 8.02. The summed E-state index contributed by atoms with van der Waals surface area (Å²) in [5.41, 5.74) is 5.34. The fourth-order valence-electron chi connectivity index (χ4n) is 1.74. The first-order valence-electron chi connectivity index (χ1n) is 6.72. The van der Waals surface area contributed by atoms with Crippen LogP contribution in [0.3, 0.4) is 0 Å². The minimum absolute atomic E-state index is 0.0507. The fraction of sp³-hybridized carbons (Fsp3) is 1.00. The van der Waals surface area contributed by atoms with Gasteiger partial charge in [-0.15, -0.1) is 0 Å². The van der Waals surface area contributed by atoms with Crippen LogP contribution in [0.15, 0.2) is 0 Å². The van der Waals surface area contributed by atoms with Gasteiger partial charge in [-0.25, -0.2) is 13.1 Å². The van der Waals surface area contributed by atoms with Crippen LogP contribution in [0.5, 0.6) is 0 Å². The number of unbranched alkanes of at least 4 members (excludes halogenated alkanes) is 4. The molecule has 5 heteroatoms. The number of nitrogens with two attached hydrogens (primary N) is 1. The third-order valence-corrected chi connectivity index (χ3v) is 4.33. The SMILES string of the molecule is CCCCCCC(C)NS(=O)(=O)CCCCN. The van der Waals surface area contributed by atoms with Crippen molar-refractivity contribution in [3.63, 3.8) is 0 Å². The lowest BCUT2D eigenvalue weighted by atomic mass is 10.1. The third kappa shape index (κ3) is 10.7. The molecular formula is C12H28N2O2S. The van der Waals surface area contributed by atoms with E-state index in [2.05, 4.69) is 11.6 Å². The monoisotopic (exact) mass is 264 g/mol. The third-order valence-electron chi connectivity index (χ3n) is 2.74. The van der Waals surface area contributed by atoms with Crippen molar-refractivity contribution in [1.82, 2.24) is 4.72 Å². The predicted octanol–water partition coefficient (Wildman–Crippen LogP) is 2.00. The topological polar surface area (TPSA) is 72.2 Å². The molecule has 0 saturated carbocycles. The average molecular weight is 264 g/mol. The zero-order valence-corrected chi connectivity index (χ0v) is 12.1. The summed E-state index contributed by atoms with van der Waals surface area (Å²) < 4.78 is 26.0. The number of nitrogens with one attached hydrogen (secondary N) is 1. The van der Waals surface area contributed by atoms with Crippen LogP contribution in [-0.2, 0) is 10.0 Å². The normalized spacial score (nSPS) is 13.8. The molecule has 0 amide bonds. The van der Waals surface area contributed by atoms with Crippen molar-refractivity contribution in [2.24, 2.45) is 5.73 Å². The highest BCUT2D eigenvalue weighted by Gasteiger charge is 2.13. The van der Waals surface area contributed by atoms with E-state index < -0.39 is 10.0 Å². The molecule has 0 rings (SSSR count). The molecular weight excluding hydrogens is 236 g/mol. The first-order valence-corrected chi connectivity index (χ1v) is 8.37. The Morgan fingerprint density at radius 1 is 1.12 bits per heavy atom. The lowest BCUT2D eigenvalue weighted by molar-refractivity contribution is 0.520. The molecule has 104 valence electrons. The van der Waals surface area contributed by atoms with E-state index in [1.165, 1.54) is 19.3 Å². The molecule has 0 aliphatic rings. The maximum Gasteiger partial charge on any atom is 0.211 e. The van der Waals surface area contributed by atoms with Crippen LogP contribution in [-0.4, -0.2) is 26.8 Å². The van der Waals surface area contributed by atoms with Crippen molar-refractivity contribution < 1.29 is 8.42 Å². The molecule has 0 spiro atoms. The van der Waals surface area contributed by atoms with Gasteiger partial charge in [-0.05, 0) is 32.7 Å². The van der Waals surface area contributed by atoms with E-state index in [0.29, 0.717) is 13.0 Å². The Labute approximate surface area is 106 Å². The minimum atomic E-state index is -3.10. The van der Waals surface area contributed by atoms with Crippen LogP contribution >= 0.6 is 0 Å². The fourth-order valence-corrected chi connectivity index (χ4v) is 3.17. The van der Waals surface area contributed by atoms with Gasteiger partial charge in [-0.2, -0.15) is 0 Å². The summed E-state index contributed by atoms with van der Waals surface area (Å²) in [5.74, 6) is 0.198. The van der Waals surface area contributed by atoms with E-state index in [4.69, 9.17) is 5.73 Å². The van der Waals surface area contributed by atoms with Gasteiger partial charge in [0, 0.05) is 6.04 Å². The second-order valence-electron chi connectivity index (χ2n) is 4.68. The van der Waals surface area contributed by atoms with Crippen molar-refractivity contribution in [1.29, 1.82) is 0 Å². The molecule has 0 aromatic carbocycles. The average Bonchev–Trinajstić information content (AvgIpc) is 2.24. The summed E-state index contributed by atoms with van der Waals surface area (Å²) in [6.07, 6.45) is 7.07. The predicted molar refractivity (Wildman–Crippen MR) is 73.4 cm³/mol. The van der Waals surface area contributed by atoms with E-state index in [1.54, 1.807) is 0 Å². The minimum Gasteiger partial charge on any atom is -0.330 e. The molecule has 17 heavy (non-hydrogen) atoms. The molecule has 0 aromatic rings. The van der Waals surface area contributed by atoms with Gasteiger partial charge in [0.05, 0.1) is 5.75 Å². The summed E-state index contributed by atoms with van der Waals surface area (Å²) >= 11 is 0. The molecule has 4 nitrogen and oxygen atoms in total. The summed E-state index contributed by atoms with van der Waals surface area (Å²) in [7, 11) is -3.10. The molecule has 0 heterocycles. The van der Waals surface area contributed by atoms with Crippen LogP contribution in [0.1, 0.15) is 58.8 Å². The Hall–Kier alpha value is -0.130. The number of sulfonamides is 1. The molecule has 0 radical (unpaired) electrons. The van der Waals surface area contributed by atoms with E-state index in [9.17, 15) is 8.42 Å². The molecule has 1 atom stereocenters. The van der Waals surface area contributed by atoms with Crippen molar-refractivity contribution in [3.8, 4) is 0 Å². The Morgan fingerprint density at radius 2 is 1.82 bits per heavy atom. The van der Waals surface area contributed by atoms with E-state index in [-0.39, 0.29) is 11.8 Å². The van der Waals surface area contributed by atoms with E-state index >= 15 is 0 Å². The zero-order valence-electron chi connectivity index (χ0n) is 11.2. The molecule has 0 fully saturated rings. The maximum absolute atomic E-state index is 11.7. The van der Waals surface area contributed by atoms with Crippen LogP contribution in [0.4, 0.5) is 0 Å². The number of hydrogen-bond acceptors (Lipinski definition) is 3. The Bertz CT molecular complexity index is 266. The largest absolute Gasteiger partial charge is 0.330 e. The highest BCUT2D eigenvalue weighted by Crippen LogP contribution is 2.06. The van der Waals surface area contributed by atoms with Crippen molar-refractivity contribution in [2.75, 3.05) is 12.3 Å². The van der Waals surface area contributed by atoms with Gasteiger partial charge >= 0.3 is 0 Å². The zero-order chi connectivity index (χ0) is 13.1. The summed E-state index contributed by atoms with van der Waals surface area (Å²) in [6.45, 7) is 4.66. The van der Waals surface area contributed by atoms with Gasteiger partial charge in [0.1, 0.15) is 0 Å². The summed E-state index contributed by atoms with van der Waals surface area (Å²) in [6, 6.07) is 0.0507. The van der Waals surface area contributed by atoms with Gasteiger partial charge in [0.2, 0.25) is 10.0 Å². The van der Waals surface area contributed by atoms with Crippen molar-refractivity contribution in [2.45, 2.75) is 64.8 Å². The highest BCUT2D eigenvalue weighted by molar-refractivity contribution is 7.89. The standard InChI is InChI=1S/C12H28N2O2S/c1-3-4-5-6-9-12(2)14-17(15,16)11-8-7-10-13/h12,14H,3-11,13H2,1-2H3. The van der Waals surface area contributed by atoms with Gasteiger partial charge < -0.3 is 5.73 Å². The summed E-state index contributed by atoms with van der Waals surface area (Å²) in [4.78, 5) is 0. The van der Waals surface area contributed by atoms with Gasteiger partial charge in [-0.3, -0.25) is 0 Å². The van der Waals surface area contributed by atoms with Crippen LogP contribution < -0.4 is 10.5 Å². The van der Waals surface area contributed by atoms with Crippen LogP contribution in [0, 0.1) is 0 Å². The van der Waals surface area contributed by atoms with Gasteiger partial charge in [0.15, 0.2) is 0 Å². The second kappa shape index (κ2) is 9.85. The Morgan fingerprint density at radius 3 is 2.41 bits per heavy atom. The van der Waals surface area contributed by atoms with Gasteiger partial charge in [-0.1, -0.05) is 32.6 Å². The molecule has 0 aliphatic carbocycles. The van der Waals surface area contributed by atoms with E-state index in [0.717, 1.165) is 19.3 Å². The highest BCUT2D eigenvalue weighted by atomic mass is 32.2. The van der Waals surface area contributed by atoms with E-state index in [1.807, 2.05) is 6.92 Å². The molecule has 0 aromatic heterocycles. The maximum atomic E-state index is 11.7. The van der Waals surface area contributed by atoms with Crippen molar-refractivity contribution in [3.05, 3.63) is 0 Å². The number of rotatable bonds is 11. The molecule has 0 bridgehead atoms. The number of hydrogen-bond donors (Lipinski definition) is 2. The van der Waals surface area contributed by atoms with Crippen LogP contribution in [0.25, 0.3) is 0 Å². The lowest BCUT2D eigenvalue weighted by Gasteiger charge is -2.13. The second-order valence-corrected chi connectivity index (χ2v) is 6.56. The smallest absolute Gasteiger partial charge is 0.211 e. The molecule has 0 saturated heterocycles. The Balaban J connectivity index is 3.73. The van der Waals surface area contributed by atoms with Crippen molar-refractivity contribution >= 4 is 10.0 Å². The quantitative estimate of drug-likeness (QED) is 0.561. The van der Waals surface area contributed by atoms with Crippen LogP contribution in [0.2, 0.25) is 0 Å². The van der Waals surface area contributed by atoms with Gasteiger partial charge in [0.25, 0.3) is 0 Å². The molecule has 0 aliphatic heterocycles. The first kappa shape index (κ1) is 16.9. The summed E-state index contributed by atoms with van der Waals surface area (Å²) in [5, 5.41) is 0. The lowest BCUT2D eigenvalue weighted by Crippen LogP contribution is -2.34. The Kier molecular flexibility index (Phi) is 9.78. The molecule has 3 N–H and O–H groups in total.